The van der Waals surface area contributed by atoms with Crippen molar-refractivity contribution in [1.29, 1.82) is 0 Å². The first-order valence-electron chi connectivity index (χ1n) is 6.46. The molecule has 0 saturated carbocycles. The molecule has 1 aromatic heterocycles. The molecule has 114 valence electrons. The van der Waals surface area contributed by atoms with Crippen molar-refractivity contribution in [3.05, 3.63) is 46.2 Å². The molecular weight excluding hydrogens is 313 g/mol. The zero-order valence-corrected chi connectivity index (χ0v) is 13.1. The van der Waals surface area contributed by atoms with Crippen LogP contribution in [0.5, 0.6) is 5.75 Å². The number of nitrogens with two attached hydrogens (primary N) is 1. The zero-order chi connectivity index (χ0) is 15.2. The molecule has 5 nitrogen and oxygen atoms in total. The summed E-state index contributed by atoms with van der Waals surface area (Å²) in [6, 6.07) is 6.76. The van der Waals surface area contributed by atoms with Crippen LogP contribution in [0.4, 0.5) is 0 Å². The first-order chi connectivity index (χ1) is 10.1. The van der Waals surface area contributed by atoms with Crippen LogP contribution in [0.25, 0.3) is 0 Å². The van der Waals surface area contributed by atoms with Gasteiger partial charge in [-0.2, -0.15) is 5.10 Å². The third kappa shape index (κ3) is 4.35. The van der Waals surface area contributed by atoms with Gasteiger partial charge in [-0.25, -0.2) is 0 Å². The normalized spacial score (nSPS) is 12.4. The molecule has 0 radical (unpaired) electrons. The van der Waals surface area contributed by atoms with E-state index in [9.17, 15) is 0 Å². The first-order valence-corrected chi connectivity index (χ1v) is 7.21. The van der Waals surface area contributed by atoms with E-state index in [-0.39, 0.29) is 6.61 Å². The van der Waals surface area contributed by atoms with E-state index in [1.165, 1.54) is 0 Å². The smallest absolute Gasteiger partial charge is 0.120 e. The van der Waals surface area contributed by atoms with Crippen LogP contribution in [0.1, 0.15) is 11.7 Å². The molecule has 1 heterocycles. The van der Waals surface area contributed by atoms with Gasteiger partial charge in [0.2, 0.25) is 0 Å². The summed E-state index contributed by atoms with van der Waals surface area (Å²) >= 11 is 12.1. The fourth-order valence-electron chi connectivity index (χ4n) is 1.92. The van der Waals surface area contributed by atoms with Gasteiger partial charge in [-0.15, -0.1) is 0 Å². The van der Waals surface area contributed by atoms with E-state index in [1.54, 1.807) is 30.1 Å². The summed E-state index contributed by atoms with van der Waals surface area (Å²) in [5.41, 5.74) is 6.89. The molecule has 1 aromatic carbocycles. The highest BCUT2D eigenvalue weighted by Gasteiger charge is 2.17. The lowest BCUT2D eigenvalue weighted by atomic mass is 10.2. The number of hydrogen-bond donors (Lipinski definition) is 1. The zero-order valence-electron chi connectivity index (χ0n) is 11.6. The van der Waals surface area contributed by atoms with Gasteiger partial charge in [0.15, 0.2) is 0 Å². The minimum atomic E-state index is -0.393. The second-order valence-corrected chi connectivity index (χ2v) is 5.31. The lowest BCUT2D eigenvalue weighted by molar-refractivity contribution is 0.181. The maximum atomic E-state index is 6.15. The lowest BCUT2D eigenvalue weighted by Gasteiger charge is -2.16. The number of nitrogens with zero attached hydrogens (tertiary/aromatic N) is 2. The highest BCUT2D eigenvalue weighted by Crippen LogP contribution is 2.23. The molecule has 0 aliphatic rings. The van der Waals surface area contributed by atoms with Gasteiger partial charge in [0.1, 0.15) is 12.4 Å². The molecule has 2 aromatic rings. The molecule has 2 rings (SSSR count). The number of aromatic nitrogens is 2. The number of halogens is 2. The third-order valence-corrected chi connectivity index (χ3v) is 3.44. The number of rotatable bonds is 7. The number of hydrogen-bond acceptors (Lipinski definition) is 4. The summed E-state index contributed by atoms with van der Waals surface area (Å²) in [6.45, 7) is 1.40. The molecule has 1 unspecified atom stereocenters. The standard InChI is InChI=1S/C14H17Cl2N3O2/c1-20-6-5-19-14(12(16)8-18-19)13(17)9-21-11-4-2-3-10(15)7-11/h2-4,7-8,13H,5-6,9,17H2,1H3. The lowest BCUT2D eigenvalue weighted by Crippen LogP contribution is -2.24. The van der Waals surface area contributed by atoms with Crippen molar-refractivity contribution in [2.45, 2.75) is 12.6 Å². The molecule has 0 saturated heterocycles. The van der Waals surface area contributed by atoms with E-state index < -0.39 is 6.04 Å². The van der Waals surface area contributed by atoms with Crippen molar-refractivity contribution in [1.82, 2.24) is 9.78 Å². The SMILES string of the molecule is COCCn1ncc(Cl)c1C(N)COc1cccc(Cl)c1. The summed E-state index contributed by atoms with van der Waals surface area (Å²) in [5.74, 6) is 0.664. The van der Waals surface area contributed by atoms with Gasteiger partial charge in [0.05, 0.1) is 36.1 Å². The van der Waals surface area contributed by atoms with Crippen molar-refractivity contribution in [3.8, 4) is 5.75 Å². The van der Waals surface area contributed by atoms with Gasteiger partial charge in [-0.3, -0.25) is 4.68 Å². The number of benzene rings is 1. The van der Waals surface area contributed by atoms with Gasteiger partial charge in [-0.05, 0) is 18.2 Å². The largest absolute Gasteiger partial charge is 0.492 e. The predicted molar refractivity (Wildman–Crippen MR) is 83.0 cm³/mol. The van der Waals surface area contributed by atoms with Crippen LogP contribution in [0.2, 0.25) is 10.0 Å². The summed E-state index contributed by atoms with van der Waals surface area (Å²) < 4.78 is 12.4. The van der Waals surface area contributed by atoms with E-state index in [0.717, 1.165) is 5.69 Å². The van der Waals surface area contributed by atoms with Crippen molar-refractivity contribution < 1.29 is 9.47 Å². The van der Waals surface area contributed by atoms with Gasteiger partial charge < -0.3 is 15.2 Å². The van der Waals surface area contributed by atoms with Crippen LogP contribution in [-0.4, -0.2) is 30.1 Å². The maximum Gasteiger partial charge on any atom is 0.120 e. The molecule has 0 aliphatic heterocycles. The van der Waals surface area contributed by atoms with Crippen LogP contribution >= 0.6 is 23.2 Å². The Morgan fingerprint density at radius 2 is 2.19 bits per heavy atom. The molecule has 2 N–H and O–H groups in total. The van der Waals surface area contributed by atoms with E-state index >= 15 is 0 Å². The summed E-state index contributed by atoms with van der Waals surface area (Å²) in [7, 11) is 1.63. The van der Waals surface area contributed by atoms with Crippen LogP contribution in [0.15, 0.2) is 30.5 Å². The van der Waals surface area contributed by atoms with E-state index in [1.807, 2.05) is 12.1 Å². The fraction of sp³-hybridized carbons (Fsp3) is 0.357. The Labute approximate surface area is 133 Å². The molecule has 0 fully saturated rings. The van der Waals surface area contributed by atoms with Crippen molar-refractivity contribution in [3.63, 3.8) is 0 Å². The molecule has 0 amide bonds. The van der Waals surface area contributed by atoms with Crippen molar-refractivity contribution in [2.24, 2.45) is 5.73 Å². The molecule has 0 aliphatic carbocycles. The van der Waals surface area contributed by atoms with Crippen LogP contribution in [0.3, 0.4) is 0 Å². The topological polar surface area (TPSA) is 62.3 Å². The van der Waals surface area contributed by atoms with Crippen LogP contribution in [0, 0.1) is 0 Å². The minimum Gasteiger partial charge on any atom is -0.492 e. The van der Waals surface area contributed by atoms with Crippen molar-refractivity contribution >= 4 is 23.2 Å². The van der Waals surface area contributed by atoms with Crippen molar-refractivity contribution in [2.75, 3.05) is 20.3 Å². The van der Waals surface area contributed by atoms with Crippen LogP contribution in [-0.2, 0) is 11.3 Å². The number of methoxy groups -OCH3 is 1. The van der Waals surface area contributed by atoms with E-state index in [2.05, 4.69) is 5.10 Å². The highest BCUT2D eigenvalue weighted by atomic mass is 35.5. The summed E-state index contributed by atoms with van der Waals surface area (Å²) in [4.78, 5) is 0. The molecule has 1 atom stereocenters. The summed E-state index contributed by atoms with van der Waals surface area (Å²) in [5, 5.41) is 5.33. The van der Waals surface area contributed by atoms with E-state index in [0.29, 0.717) is 28.9 Å². The van der Waals surface area contributed by atoms with Gasteiger partial charge in [0.25, 0.3) is 0 Å². The second kappa shape index (κ2) is 7.66. The van der Waals surface area contributed by atoms with Crippen LogP contribution < -0.4 is 10.5 Å². The Balaban J connectivity index is 2.02. The molecule has 7 heteroatoms. The Bertz CT molecular complexity index is 589. The van der Waals surface area contributed by atoms with E-state index in [4.69, 9.17) is 38.4 Å². The Morgan fingerprint density at radius 1 is 1.38 bits per heavy atom. The molecule has 0 spiro atoms. The fourth-order valence-corrected chi connectivity index (χ4v) is 2.38. The minimum absolute atomic E-state index is 0.277. The van der Waals surface area contributed by atoms with Gasteiger partial charge in [-0.1, -0.05) is 29.3 Å². The Kier molecular flexibility index (Phi) is 5.87. The third-order valence-electron chi connectivity index (χ3n) is 2.92. The predicted octanol–water partition coefficient (Wildman–Crippen LogP) is 2.92. The second-order valence-electron chi connectivity index (χ2n) is 4.47. The highest BCUT2D eigenvalue weighted by molar-refractivity contribution is 6.31. The average Bonchev–Trinajstić information content (AvgIpc) is 2.83. The van der Waals surface area contributed by atoms with Gasteiger partial charge in [0, 0.05) is 12.1 Å². The monoisotopic (exact) mass is 329 g/mol. The molecule has 21 heavy (non-hydrogen) atoms. The Hall–Kier alpha value is -1.27. The average molecular weight is 330 g/mol. The summed E-state index contributed by atoms with van der Waals surface area (Å²) in [6.07, 6.45) is 1.58. The first kappa shape index (κ1) is 16.1. The molecule has 0 bridgehead atoms. The Morgan fingerprint density at radius 3 is 2.90 bits per heavy atom. The van der Waals surface area contributed by atoms with Gasteiger partial charge >= 0.3 is 0 Å². The maximum absolute atomic E-state index is 6.15. The quantitative estimate of drug-likeness (QED) is 0.848. The number of ether oxygens (including phenoxy) is 2. The molecular formula is C14H17Cl2N3O2.